The fourth-order valence-electron chi connectivity index (χ4n) is 3.98. The minimum atomic E-state index is -3.34. The lowest BCUT2D eigenvalue weighted by Crippen LogP contribution is -2.46. The zero-order chi connectivity index (χ0) is 19.3. The Hall–Kier alpha value is -1.80. The SMILES string of the molecule is CCN1CCCC1CNC(=NC)NCCS(=O)(=O)N1CCc2ccccc21. The van der Waals surface area contributed by atoms with Crippen molar-refractivity contribution in [2.45, 2.75) is 32.2 Å². The lowest BCUT2D eigenvalue weighted by atomic mass is 10.2. The van der Waals surface area contributed by atoms with Crippen molar-refractivity contribution in [2.75, 3.05) is 49.8 Å². The van der Waals surface area contributed by atoms with E-state index in [1.165, 1.54) is 17.1 Å². The number of nitrogens with zero attached hydrogens (tertiary/aromatic N) is 3. The second kappa shape index (κ2) is 8.93. The van der Waals surface area contributed by atoms with Crippen LogP contribution in [0.4, 0.5) is 5.69 Å². The summed E-state index contributed by atoms with van der Waals surface area (Å²) in [6.45, 7) is 6.11. The summed E-state index contributed by atoms with van der Waals surface area (Å²) >= 11 is 0. The summed E-state index contributed by atoms with van der Waals surface area (Å²) in [4.78, 5) is 6.69. The molecular formula is C19H31N5O2S. The first-order chi connectivity index (χ1) is 13.0. The van der Waals surface area contributed by atoms with Crippen LogP contribution < -0.4 is 14.9 Å². The molecule has 0 saturated carbocycles. The fraction of sp³-hybridized carbons (Fsp3) is 0.632. The number of rotatable bonds is 7. The van der Waals surface area contributed by atoms with Gasteiger partial charge in [-0.1, -0.05) is 25.1 Å². The number of aliphatic imine (C=N–C) groups is 1. The van der Waals surface area contributed by atoms with Crippen molar-refractivity contribution in [1.82, 2.24) is 15.5 Å². The zero-order valence-electron chi connectivity index (χ0n) is 16.3. The van der Waals surface area contributed by atoms with Gasteiger partial charge in [-0.05, 0) is 44.0 Å². The van der Waals surface area contributed by atoms with E-state index in [1.807, 2.05) is 24.3 Å². The normalized spacial score (nSPS) is 20.7. The Kier molecular flexibility index (Phi) is 6.59. The molecule has 2 aliphatic heterocycles. The fourth-order valence-corrected chi connectivity index (χ4v) is 5.41. The lowest BCUT2D eigenvalue weighted by Gasteiger charge is -2.24. The molecule has 1 saturated heterocycles. The predicted octanol–water partition coefficient (Wildman–Crippen LogP) is 1.03. The number of benzene rings is 1. The van der Waals surface area contributed by atoms with Gasteiger partial charge in [-0.15, -0.1) is 0 Å². The van der Waals surface area contributed by atoms with Crippen LogP contribution in [0.2, 0.25) is 0 Å². The van der Waals surface area contributed by atoms with Gasteiger partial charge in [-0.3, -0.25) is 14.2 Å². The van der Waals surface area contributed by atoms with Gasteiger partial charge >= 0.3 is 0 Å². The van der Waals surface area contributed by atoms with Gasteiger partial charge in [-0.2, -0.15) is 0 Å². The van der Waals surface area contributed by atoms with E-state index in [-0.39, 0.29) is 5.75 Å². The van der Waals surface area contributed by atoms with E-state index in [0.717, 1.165) is 37.3 Å². The molecule has 2 heterocycles. The van der Waals surface area contributed by atoms with E-state index >= 15 is 0 Å². The summed E-state index contributed by atoms with van der Waals surface area (Å²) in [6.07, 6.45) is 3.21. The molecule has 2 N–H and O–H groups in total. The molecule has 1 fully saturated rings. The molecule has 8 heteroatoms. The van der Waals surface area contributed by atoms with E-state index in [2.05, 4.69) is 27.4 Å². The third-order valence-corrected chi connectivity index (χ3v) is 7.24. The van der Waals surface area contributed by atoms with Crippen molar-refractivity contribution >= 4 is 21.7 Å². The van der Waals surface area contributed by atoms with E-state index in [1.54, 1.807) is 7.05 Å². The summed E-state index contributed by atoms with van der Waals surface area (Å²) < 4.78 is 27.0. The molecule has 0 aromatic heterocycles. The average Bonchev–Trinajstić information content (AvgIpc) is 3.31. The second-order valence-corrected chi connectivity index (χ2v) is 9.08. The highest BCUT2D eigenvalue weighted by atomic mass is 32.2. The Morgan fingerprint density at radius 2 is 2.07 bits per heavy atom. The molecule has 0 bridgehead atoms. The third-order valence-electron chi connectivity index (χ3n) is 5.47. The number of guanidine groups is 1. The number of likely N-dealkylation sites (N-methyl/N-ethyl adjacent to an activating group) is 1. The molecule has 1 unspecified atom stereocenters. The summed E-state index contributed by atoms with van der Waals surface area (Å²) in [7, 11) is -1.63. The number of anilines is 1. The van der Waals surface area contributed by atoms with Crippen molar-refractivity contribution < 1.29 is 8.42 Å². The highest BCUT2D eigenvalue weighted by molar-refractivity contribution is 7.92. The van der Waals surface area contributed by atoms with Gasteiger partial charge in [0.1, 0.15) is 0 Å². The maximum Gasteiger partial charge on any atom is 0.236 e. The van der Waals surface area contributed by atoms with Crippen molar-refractivity contribution in [3.05, 3.63) is 29.8 Å². The van der Waals surface area contributed by atoms with Gasteiger partial charge in [0.25, 0.3) is 0 Å². The Labute approximate surface area is 162 Å². The molecule has 2 aliphatic rings. The molecule has 150 valence electrons. The highest BCUT2D eigenvalue weighted by Crippen LogP contribution is 2.29. The van der Waals surface area contributed by atoms with Gasteiger partial charge in [0.2, 0.25) is 10.0 Å². The lowest BCUT2D eigenvalue weighted by molar-refractivity contribution is 0.267. The van der Waals surface area contributed by atoms with Crippen molar-refractivity contribution in [1.29, 1.82) is 0 Å². The Balaban J connectivity index is 1.48. The first kappa shape index (κ1) is 19.9. The first-order valence-electron chi connectivity index (χ1n) is 9.82. The van der Waals surface area contributed by atoms with Gasteiger partial charge < -0.3 is 10.6 Å². The third kappa shape index (κ3) is 4.73. The number of para-hydroxylation sites is 1. The standard InChI is InChI=1S/C19H31N5O2S/c1-3-23-12-6-8-17(23)15-22-19(20-2)21-11-14-27(25,26)24-13-10-16-7-4-5-9-18(16)24/h4-5,7,9,17H,3,6,8,10-15H2,1-2H3,(H2,20,21,22). The van der Waals surface area contributed by atoms with Crippen molar-refractivity contribution in [3.63, 3.8) is 0 Å². The molecule has 3 rings (SSSR count). The summed E-state index contributed by atoms with van der Waals surface area (Å²) in [5.74, 6) is 0.710. The van der Waals surface area contributed by atoms with Gasteiger partial charge in [0, 0.05) is 32.7 Å². The average molecular weight is 394 g/mol. The second-order valence-electron chi connectivity index (χ2n) is 7.07. The molecular weight excluding hydrogens is 362 g/mol. The minimum Gasteiger partial charge on any atom is -0.355 e. The summed E-state index contributed by atoms with van der Waals surface area (Å²) in [6, 6.07) is 8.25. The molecule has 27 heavy (non-hydrogen) atoms. The highest BCUT2D eigenvalue weighted by Gasteiger charge is 2.28. The monoisotopic (exact) mass is 393 g/mol. The molecule has 0 aliphatic carbocycles. The summed E-state index contributed by atoms with van der Waals surface area (Å²) in [5.41, 5.74) is 1.92. The van der Waals surface area contributed by atoms with Gasteiger partial charge in [0.05, 0.1) is 11.4 Å². The summed E-state index contributed by atoms with van der Waals surface area (Å²) in [5, 5.41) is 6.48. The van der Waals surface area contributed by atoms with Crippen LogP contribution in [0.5, 0.6) is 0 Å². The van der Waals surface area contributed by atoms with Crippen LogP contribution in [0.1, 0.15) is 25.3 Å². The molecule has 1 aromatic rings. The first-order valence-corrected chi connectivity index (χ1v) is 11.4. The largest absolute Gasteiger partial charge is 0.355 e. The van der Waals surface area contributed by atoms with E-state index in [9.17, 15) is 8.42 Å². The van der Waals surface area contributed by atoms with Crippen molar-refractivity contribution in [2.24, 2.45) is 4.99 Å². The molecule has 0 spiro atoms. The smallest absolute Gasteiger partial charge is 0.236 e. The minimum absolute atomic E-state index is 0.0482. The molecule has 0 radical (unpaired) electrons. The van der Waals surface area contributed by atoms with Gasteiger partial charge in [-0.25, -0.2) is 8.42 Å². The predicted molar refractivity (Wildman–Crippen MR) is 111 cm³/mol. The zero-order valence-corrected chi connectivity index (χ0v) is 17.1. The Morgan fingerprint density at radius 1 is 1.26 bits per heavy atom. The molecule has 7 nitrogen and oxygen atoms in total. The number of sulfonamides is 1. The van der Waals surface area contributed by atoms with Crippen molar-refractivity contribution in [3.8, 4) is 0 Å². The van der Waals surface area contributed by atoms with Crippen LogP contribution in [-0.4, -0.2) is 70.8 Å². The number of hydrogen-bond acceptors (Lipinski definition) is 4. The van der Waals surface area contributed by atoms with Crippen LogP contribution >= 0.6 is 0 Å². The van der Waals surface area contributed by atoms with Crippen LogP contribution in [-0.2, 0) is 16.4 Å². The molecule has 0 amide bonds. The maximum atomic E-state index is 12.7. The quantitative estimate of drug-likeness (QED) is 0.534. The number of fused-ring (bicyclic) bond motifs is 1. The Bertz CT molecular complexity index is 765. The number of likely N-dealkylation sites (tertiary alicyclic amines) is 1. The topological polar surface area (TPSA) is 77.0 Å². The number of hydrogen-bond donors (Lipinski definition) is 2. The van der Waals surface area contributed by atoms with E-state index < -0.39 is 10.0 Å². The maximum absolute atomic E-state index is 12.7. The van der Waals surface area contributed by atoms with Gasteiger partial charge in [0.15, 0.2) is 5.96 Å². The Morgan fingerprint density at radius 3 is 2.85 bits per heavy atom. The van der Waals surface area contributed by atoms with Crippen LogP contribution in [0.3, 0.4) is 0 Å². The molecule has 1 atom stereocenters. The van der Waals surface area contributed by atoms with Crippen LogP contribution in [0.15, 0.2) is 29.3 Å². The van der Waals surface area contributed by atoms with Crippen LogP contribution in [0.25, 0.3) is 0 Å². The van der Waals surface area contributed by atoms with E-state index in [0.29, 0.717) is 25.1 Å². The number of nitrogens with one attached hydrogen (secondary N) is 2. The van der Waals surface area contributed by atoms with E-state index in [4.69, 9.17) is 0 Å². The molecule has 1 aromatic carbocycles. The van der Waals surface area contributed by atoms with Crippen LogP contribution in [0, 0.1) is 0 Å².